The molecule has 4 heteroatoms. The summed E-state index contributed by atoms with van der Waals surface area (Å²) in [5.41, 5.74) is 1.72. The summed E-state index contributed by atoms with van der Waals surface area (Å²) in [6.07, 6.45) is -0.444. The Hall–Kier alpha value is -1.16. The average molecular weight is 195 g/mol. The first kappa shape index (κ1) is 10.9. The van der Waals surface area contributed by atoms with Crippen LogP contribution in [0.25, 0.3) is 0 Å². The summed E-state index contributed by atoms with van der Waals surface area (Å²) in [4.78, 5) is 8.37. The summed E-state index contributed by atoms with van der Waals surface area (Å²) in [6, 6.07) is 0. The van der Waals surface area contributed by atoms with Crippen molar-refractivity contribution in [1.82, 2.24) is 9.97 Å². The molecule has 1 aliphatic heterocycles. The van der Waals surface area contributed by atoms with Gasteiger partial charge in [-0.05, 0) is 13.8 Å². The van der Waals surface area contributed by atoms with Gasteiger partial charge >= 0.3 is 0 Å². The van der Waals surface area contributed by atoms with Gasteiger partial charge in [0.2, 0.25) is 0 Å². The SMILES string of the molecule is CC.Cc1nc(C)c2c(n1)NCC2O. The maximum Gasteiger partial charge on any atom is 0.135 e. The molecule has 0 aromatic carbocycles. The number of hydrogen-bond donors (Lipinski definition) is 2. The van der Waals surface area contributed by atoms with Gasteiger partial charge in [-0.25, -0.2) is 9.97 Å². The number of aromatic nitrogens is 2. The van der Waals surface area contributed by atoms with E-state index in [9.17, 15) is 5.11 Å². The smallest absolute Gasteiger partial charge is 0.135 e. The van der Waals surface area contributed by atoms with Crippen molar-refractivity contribution in [3.63, 3.8) is 0 Å². The van der Waals surface area contributed by atoms with Gasteiger partial charge in [-0.3, -0.25) is 0 Å². The monoisotopic (exact) mass is 195 g/mol. The number of hydrogen-bond acceptors (Lipinski definition) is 4. The molecule has 1 aromatic heterocycles. The number of aryl methyl sites for hydroxylation is 2. The van der Waals surface area contributed by atoms with Gasteiger partial charge in [0.1, 0.15) is 17.7 Å². The number of β-amino-alcohol motifs (C(OH)–C–C–N with tert-alkyl or cyclic N) is 1. The van der Waals surface area contributed by atoms with Crippen LogP contribution in [0.2, 0.25) is 0 Å². The number of aliphatic hydroxyl groups excluding tert-OH is 1. The van der Waals surface area contributed by atoms with Gasteiger partial charge < -0.3 is 10.4 Å². The van der Waals surface area contributed by atoms with Gasteiger partial charge in [0.15, 0.2) is 0 Å². The Morgan fingerprint density at radius 3 is 2.57 bits per heavy atom. The third kappa shape index (κ3) is 1.85. The van der Waals surface area contributed by atoms with Crippen LogP contribution in [0, 0.1) is 13.8 Å². The van der Waals surface area contributed by atoms with Crippen LogP contribution in [0.3, 0.4) is 0 Å². The maximum atomic E-state index is 9.51. The van der Waals surface area contributed by atoms with Crippen molar-refractivity contribution in [2.75, 3.05) is 11.9 Å². The summed E-state index contributed by atoms with van der Waals surface area (Å²) in [7, 11) is 0. The molecule has 0 aliphatic carbocycles. The number of anilines is 1. The standard InChI is InChI=1S/C8H11N3O.C2H6/c1-4-7-6(12)3-9-8(7)11-5(2)10-4;1-2/h6,12H,3H2,1-2H3,(H,9,10,11);1-2H3. The van der Waals surface area contributed by atoms with Crippen molar-refractivity contribution in [3.05, 3.63) is 17.1 Å². The molecule has 0 amide bonds. The average Bonchev–Trinajstić information content (AvgIpc) is 2.51. The van der Waals surface area contributed by atoms with E-state index in [0.717, 1.165) is 22.9 Å². The normalized spacial score (nSPS) is 17.9. The van der Waals surface area contributed by atoms with Crippen LogP contribution in [-0.4, -0.2) is 21.6 Å². The van der Waals surface area contributed by atoms with E-state index < -0.39 is 6.10 Å². The predicted octanol–water partition coefficient (Wildman–Crippen LogP) is 1.58. The number of nitrogens with one attached hydrogen (secondary N) is 1. The van der Waals surface area contributed by atoms with Crippen molar-refractivity contribution in [2.45, 2.75) is 33.8 Å². The Kier molecular flexibility index (Phi) is 3.41. The molecule has 1 aliphatic rings. The lowest BCUT2D eigenvalue weighted by atomic mass is 10.1. The zero-order chi connectivity index (χ0) is 10.7. The summed E-state index contributed by atoms with van der Waals surface area (Å²) in [6.45, 7) is 8.29. The van der Waals surface area contributed by atoms with E-state index in [-0.39, 0.29) is 0 Å². The molecule has 0 spiro atoms. The highest BCUT2D eigenvalue weighted by Crippen LogP contribution is 2.29. The molecule has 4 nitrogen and oxygen atoms in total. The van der Waals surface area contributed by atoms with E-state index in [1.165, 1.54) is 0 Å². The highest BCUT2D eigenvalue weighted by molar-refractivity contribution is 5.52. The van der Waals surface area contributed by atoms with E-state index in [4.69, 9.17) is 0 Å². The third-order valence-electron chi connectivity index (χ3n) is 2.04. The molecule has 1 unspecified atom stereocenters. The molecule has 0 saturated carbocycles. The van der Waals surface area contributed by atoms with Gasteiger partial charge in [0, 0.05) is 17.8 Å². The highest BCUT2D eigenvalue weighted by Gasteiger charge is 2.23. The number of aliphatic hydroxyl groups is 1. The third-order valence-corrected chi connectivity index (χ3v) is 2.04. The lowest BCUT2D eigenvalue weighted by Crippen LogP contribution is -2.00. The maximum absolute atomic E-state index is 9.51. The van der Waals surface area contributed by atoms with Gasteiger partial charge in [-0.2, -0.15) is 0 Å². The minimum absolute atomic E-state index is 0.444. The molecule has 1 atom stereocenters. The van der Waals surface area contributed by atoms with Crippen LogP contribution < -0.4 is 5.32 Å². The Morgan fingerprint density at radius 1 is 1.29 bits per heavy atom. The van der Waals surface area contributed by atoms with E-state index in [2.05, 4.69) is 15.3 Å². The fraction of sp³-hybridized carbons (Fsp3) is 0.600. The van der Waals surface area contributed by atoms with E-state index in [1.54, 1.807) is 0 Å². The van der Waals surface area contributed by atoms with Crippen LogP contribution in [0.15, 0.2) is 0 Å². The fourth-order valence-electron chi connectivity index (χ4n) is 1.55. The van der Waals surface area contributed by atoms with Crippen molar-refractivity contribution in [1.29, 1.82) is 0 Å². The highest BCUT2D eigenvalue weighted by atomic mass is 16.3. The van der Waals surface area contributed by atoms with Crippen LogP contribution in [0.1, 0.15) is 37.0 Å². The number of fused-ring (bicyclic) bond motifs is 1. The van der Waals surface area contributed by atoms with E-state index >= 15 is 0 Å². The van der Waals surface area contributed by atoms with Crippen LogP contribution in [0.5, 0.6) is 0 Å². The number of rotatable bonds is 0. The Balaban J connectivity index is 0.000000461. The molecule has 0 fully saturated rings. The van der Waals surface area contributed by atoms with Gasteiger partial charge in [0.05, 0.1) is 0 Å². The second-order valence-corrected chi connectivity index (χ2v) is 3.02. The summed E-state index contributed by atoms with van der Waals surface area (Å²) in [5, 5.41) is 12.5. The van der Waals surface area contributed by atoms with Gasteiger partial charge in [-0.1, -0.05) is 13.8 Å². The Morgan fingerprint density at radius 2 is 1.93 bits per heavy atom. The first-order valence-electron chi connectivity index (χ1n) is 4.95. The van der Waals surface area contributed by atoms with Crippen LogP contribution in [-0.2, 0) is 0 Å². The molecule has 2 rings (SSSR count). The first-order chi connectivity index (χ1) is 6.68. The zero-order valence-corrected chi connectivity index (χ0v) is 9.13. The summed E-state index contributed by atoms with van der Waals surface area (Å²) >= 11 is 0. The topological polar surface area (TPSA) is 58.0 Å². The molecule has 14 heavy (non-hydrogen) atoms. The molecule has 2 N–H and O–H groups in total. The molecular formula is C10H17N3O. The van der Waals surface area contributed by atoms with Crippen LogP contribution in [0.4, 0.5) is 5.82 Å². The summed E-state index contributed by atoms with van der Waals surface area (Å²) in [5.74, 6) is 1.53. The zero-order valence-electron chi connectivity index (χ0n) is 9.13. The minimum atomic E-state index is -0.444. The molecular weight excluding hydrogens is 178 g/mol. The van der Waals surface area contributed by atoms with Crippen molar-refractivity contribution in [3.8, 4) is 0 Å². The van der Waals surface area contributed by atoms with Crippen LogP contribution >= 0.6 is 0 Å². The van der Waals surface area contributed by atoms with Crippen molar-refractivity contribution < 1.29 is 5.11 Å². The van der Waals surface area contributed by atoms with E-state index in [1.807, 2.05) is 27.7 Å². The Bertz CT molecular complexity index is 325. The molecule has 0 bridgehead atoms. The second kappa shape index (κ2) is 4.37. The number of nitrogens with zero attached hydrogens (tertiary/aromatic N) is 2. The van der Waals surface area contributed by atoms with Gasteiger partial charge in [-0.15, -0.1) is 0 Å². The quantitative estimate of drug-likeness (QED) is 0.660. The minimum Gasteiger partial charge on any atom is -0.386 e. The molecule has 0 saturated heterocycles. The van der Waals surface area contributed by atoms with Gasteiger partial charge in [0.25, 0.3) is 0 Å². The van der Waals surface area contributed by atoms with E-state index in [0.29, 0.717) is 6.54 Å². The molecule has 2 heterocycles. The first-order valence-corrected chi connectivity index (χ1v) is 4.95. The Labute approximate surface area is 84.4 Å². The molecule has 0 radical (unpaired) electrons. The molecule has 78 valence electrons. The van der Waals surface area contributed by atoms with Crippen molar-refractivity contribution >= 4 is 5.82 Å². The second-order valence-electron chi connectivity index (χ2n) is 3.02. The lowest BCUT2D eigenvalue weighted by molar-refractivity contribution is 0.198. The fourth-order valence-corrected chi connectivity index (χ4v) is 1.55. The summed E-state index contributed by atoms with van der Waals surface area (Å²) < 4.78 is 0. The molecule has 1 aromatic rings. The largest absolute Gasteiger partial charge is 0.386 e. The van der Waals surface area contributed by atoms with Crippen molar-refractivity contribution in [2.24, 2.45) is 0 Å². The predicted molar refractivity (Wildman–Crippen MR) is 56.3 cm³/mol. The lowest BCUT2D eigenvalue weighted by Gasteiger charge is -2.04.